The third-order valence-electron chi connectivity index (χ3n) is 4.82. The van der Waals surface area contributed by atoms with Crippen LogP contribution in [0.4, 0.5) is 0 Å². The molecule has 1 aliphatic heterocycles. The molecule has 1 N–H and O–H groups in total. The first-order valence-corrected chi connectivity index (χ1v) is 9.15. The monoisotopic (exact) mass is 344 g/mol. The van der Waals surface area contributed by atoms with Gasteiger partial charge in [-0.15, -0.1) is 0 Å². The molecule has 2 aromatic rings. The minimum absolute atomic E-state index is 0.0295. The number of hydrogen-bond donors (Lipinski definition) is 1. The lowest BCUT2D eigenvalue weighted by atomic mass is 9.88. The van der Waals surface area contributed by atoms with E-state index in [-0.39, 0.29) is 6.10 Å². The molecule has 4 heteroatoms. The average Bonchev–Trinajstić information content (AvgIpc) is 2.61. The summed E-state index contributed by atoms with van der Waals surface area (Å²) in [5.74, 6) is 1.35. The summed E-state index contributed by atoms with van der Waals surface area (Å²) in [7, 11) is 0. The molecule has 0 spiro atoms. The Labute approximate surface area is 149 Å². The Morgan fingerprint density at radius 1 is 1.29 bits per heavy atom. The molecule has 3 nitrogen and oxygen atoms in total. The van der Waals surface area contributed by atoms with Crippen molar-refractivity contribution in [3.8, 4) is 5.88 Å². The molecule has 0 aliphatic carbocycles. The highest BCUT2D eigenvalue weighted by Gasteiger charge is 2.21. The van der Waals surface area contributed by atoms with E-state index in [1.54, 1.807) is 0 Å². The Morgan fingerprint density at radius 2 is 2.08 bits per heavy atom. The molecule has 1 fully saturated rings. The maximum atomic E-state index is 6.28. The predicted molar refractivity (Wildman–Crippen MR) is 98.9 cm³/mol. The second kappa shape index (κ2) is 8.00. The summed E-state index contributed by atoms with van der Waals surface area (Å²) in [5.41, 5.74) is 3.64. The van der Waals surface area contributed by atoms with Gasteiger partial charge in [0.05, 0.1) is 0 Å². The first-order valence-electron chi connectivity index (χ1n) is 8.77. The van der Waals surface area contributed by atoms with E-state index < -0.39 is 0 Å². The summed E-state index contributed by atoms with van der Waals surface area (Å²) in [5, 5.41) is 4.17. The van der Waals surface area contributed by atoms with E-state index in [0.717, 1.165) is 36.0 Å². The van der Waals surface area contributed by atoms with E-state index in [9.17, 15) is 0 Å². The van der Waals surface area contributed by atoms with Crippen molar-refractivity contribution in [2.24, 2.45) is 0 Å². The van der Waals surface area contributed by atoms with Gasteiger partial charge in [0, 0.05) is 16.8 Å². The van der Waals surface area contributed by atoms with Crippen LogP contribution in [0.1, 0.15) is 54.9 Å². The highest BCUT2D eigenvalue weighted by Crippen LogP contribution is 2.33. The van der Waals surface area contributed by atoms with Crippen molar-refractivity contribution in [1.29, 1.82) is 0 Å². The summed E-state index contributed by atoms with van der Waals surface area (Å²) >= 11 is 6.13. The maximum absolute atomic E-state index is 6.28. The minimum atomic E-state index is -0.0295. The largest absolute Gasteiger partial charge is 0.469 e. The number of aromatic nitrogens is 1. The Bertz CT molecular complexity index is 683. The Kier molecular flexibility index (Phi) is 5.75. The molecule has 0 radical (unpaired) electrons. The fourth-order valence-corrected chi connectivity index (χ4v) is 3.65. The highest BCUT2D eigenvalue weighted by atomic mass is 35.5. The van der Waals surface area contributed by atoms with Gasteiger partial charge >= 0.3 is 0 Å². The second-order valence-electron chi connectivity index (χ2n) is 6.42. The number of piperidine rings is 1. The van der Waals surface area contributed by atoms with Gasteiger partial charge in [-0.05, 0) is 74.5 Å². The van der Waals surface area contributed by atoms with Crippen LogP contribution >= 0.6 is 11.6 Å². The van der Waals surface area contributed by atoms with Crippen LogP contribution in [0.2, 0.25) is 5.02 Å². The number of benzene rings is 1. The summed E-state index contributed by atoms with van der Waals surface area (Å²) in [6, 6.07) is 10.0. The van der Waals surface area contributed by atoms with Crippen molar-refractivity contribution in [2.45, 2.75) is 45.1 Å². The van der Waals surface area contributed by atoms with Gasteiger partial charge in [-0.2, -0.15) is 0 Å². The fourth-order valence-electron chi connectivity index (χ4n) is 3.45. The van der Waals surface area contributed by atoms with Crippen LogP contribution in [0.3, 0.4) is 0 Å². The number of nitrogens with one attached hydrogen (secondary N) is 1. The normalized spacial score (nSPS) is 16.8. The smallest absolute Gasteiger partial charge is 0.217 e. The standard InChI is InChI=1S/C20H25ClN2O/c1-3-19(16-5-4-6-17(21)13-16)24-20-14(2)18(9-12-23-20)15-7-10-22-11-8-15/h4-6,9,12-13,15,19,22H,3,7-8,10-11H2,1-2H3. The summed E-state index contributed by atoms with van der Waals surface area (Å²) < 4.78 is 6.28. The molecule has 1 aromatic carbocycles. The summed E-state index contributed by atoms with van der Waals surface area (Å²) in [4.78, 5) is 4.50. The molecule has 0 amide bonds. The molecule has 0 bridgehead atoms. The zero-order chi connectivity index (χ0) is 16.9. The van der Waals surface area contributed by atoms with E-state index >= 15 is 0 Å². The lowest BCUT2D eigenvalue weighted by molar-refractivity contribution is 0.191. The topological polar surface area (TPSA) is 34.1 Å². The molecule has 1 aromatic heterocycles. The zero-order valence-corrected chi connectivity index (χ0v) is 15.1. The minimum Gasteiger partial charge on any atom is -0.469 e. The Hall–Kier alpha value is -1.58. The molecular formula is C20H25ClN2O. The lowest BCUT2D eigenvalue weighted by Crippen LogP contribution is -2.27. The van der Waals surface area contributed by atoms with Gasteiger partial charge in [0.25, 0.3) is 0 Å². The third kappa shape index (κ3) is 3.90. The van der Waals surface area contributed by atoms with Gasteiger partial charge in [0.15, 0.2) is 0 Å². The van der Waals surface area contributed by atoms with Crippen LogP contribution in [0, 0.1) is 6.92 Å². The van der Waals surface area contributed by atoms with Crippen molar-refractivity contribution in [2.75, 3.05) is 13.1 Å². The number of hydrogen-bond acceptors (Lipinski definition) is 3. The predicted octanol–water partition coefficient (Wildman–Crippen LogP) is 5.04. The van der Waals surface area contributed by atoms with Gasteiger partial charge in [0.2, 0.25) is 5.88 Å². The molecule has 2 heterocycles. The fraction of sp³-hybridized carbons (Fsp3) is 0.450. The van der Waals surface area contributed by atoms with Crippen LogP contribution in [0.25, 0.3) is 0 Å². The summed E-state index contributed by atoms with van der Waals surface area (Å²) in [6.07, 6.45) is 5.08. The van der Waals surface area contributed by atoms with Crippen molar-refractivity contribution < 1.29 is 4.74 Å². The van der Waals surface area contributed by atoms with Crippen molar-refractivity contribution in [3.63, 3.8) is 0 Å². The van der Waals surface area contributed by atoms with Crippen molar-refractivity contribution in [3.05, 3.63) is 58.2 Å². The molecule has 3 rings (SSSR count). The molecule has 24 heavy (non-hydrogen) atoms. The van der Waals surface area contributed by atoms with Crippen LogP contribution < -0.4 is 10.1 Å². The average molecular weight is 345 g/mol. The van der Waals surface area contributed by atoms with Gasteiger partial charge in [-0.25, -0.2) is 4.98 Å². The highest BCUT2D eigenvalue weighted by molar-refractivity contribution is 6.30. The Morgan fingerprint density at radius 3 is 2.79 bits per heavy atom. The SMILES string of the molecule is CCC(Oc1nccc(C2CCNCC2)c1C)c1cccc(Cl)c1. The second-order valence-corrected chi connectivity index (χ2v) is 6.86. The van der Waals surface area contributed by atoms with Crippen molar-refractivity contribution >= 4 is 11.6 Å². The third-order valence-corrected chi connectivity index (χ3v) is 5.06. The molecule has 1 unspecified atom stereocenters. The van der Waals surface area contributed by atoms with Gasteiger partial charge in [-0.1, -0.05) is 30.7 Å². The van der Waals surface area contributed by atoms with E-state index in [0.29, 0.717) is 5.92 Å². The maximum Gasteiger partial charge on any atom is 0.217 e. The molecule has 1 saturated heterocycles. The molecular weight excluding hydrogens is 320 g/mol. The number of pyridine rings is 1. The Balaban J connectivity index is 1.83. The first kappa shape index (κ1) is 17.2. The first-order chi connectivity index (χ1) is 11.7. The van der Waals surface area contributed by atoms with E-state index in [4.69, 9.17) is 16.3 Å². The van der Waals surface area contributed by atoms with Crippen LogP contribution in [-0.4, -0.2) is 18.1 Å². The zero-order valence-electron chi connectivity index (χ0n) is 14.4. The van der Waals surface area contributed by atoms with E-state index in [1.807, 2.05) is 24.4 Å². The van der Waals surface area contributed by atoms with E-state index in [2.05, 4.69) is 36.3 Å². The quantitative estimate of drug-likeness (QED) is 0.825. The molecule has 128 valence electrons. The molecule has 1 atom stereocenters. The van der Waals surface area contributed by atoms with Gasteiger partial charge in [-0.3, -0.25) is 0 Å². The number of nitrogens with zero attached hydrogens (tertiary/aromatic N) is 1. The number of halogens is 1. The molecule has 1 aliphatic rings. The van der Waals surface area contributed by atoms with E-state index in [1.165, 1.54) is 24.0 Å². The summed E-state index contributed by atoms with van der Waals surface area (Å²) in [6.45, 7) is 6.42. The van der Waals surface area contributed by atoms with Crippen LogP contribution in [-0.2, 0) is 0 Å². The molecule has 0 saturated carbocycles. The number of rotatable bonds is 5. The van der Waals surface area contributed by atoms with Gasteiger partial charge in [0.1, 0.15) is 6.10 Å². The van der Waals surface area contributed by atoms with Crippen LogP contribution in [0.5, 0.6) is 5.88 Å². The number of ether oxygens (including phenoxy) is 1. The lowest BCUT2D eigenvalue weighted by Gasteiger charge is -2.26. The van der Waals surface area contributed by atoms with Crippen molar-refractivity contribution in [1.82, 2.24) is 10.3 Å². The van der Waals surface area contributed by atoms with Crippen LogP contribution in [0.15, 0.2) is 36.5 Å². The van der Waals surface area contributed by atoms with Gasteiger partial charge < -0.3 is 10.1 Å².